The minimum atomic E-state index is -1.17. The molecule has 0 bridgehead atoms. The monoisotopic (exact) mass is 332 g/mol. The highest BCUT2D eigenvalue weighted by Gasteiger charge is 2.21. The molecule has 25 heavy (non-hydrogen) atoms. The first kappa shape index (κ1) is 14.8. The third-order valence-corrected chi connectivity index (χ3v) is 3.87. The van der Waals surface area contributed by atoms with Gasteiger partial charge in [0.05, 0.1) is 22.8 Å². The summed E-state index contributed by atoms with van der Waals surface area (Å²) in [6, 6.07) is 15.9. The fraction of sp³-hybridized carbons (Fsp3) is 0. The van der Waals surface area contributed by atoms with Crippen LogP contribution in [0.15, 0.2) is 71.9 Å². The van der Waals surface area contributed by atoms with Gasteiger partial charge in [-0.3, -0.25) is 4.79 Å². The number of hydrogen-bond donors (Lipinski definition) is 1. The molecule has 7 heteroatoms. The van der Waals surface area contributed by atoms with Crippen molar-refractivity contribution in [2.24, 2.45) is 0 Å². The Kier molecular flexibility index (Phi) is 3.39. The van der Waals surface area contributed by atoms with Gasteiger partial charge in [0.25, 0.3) is 5.56 Å². The Bertz CT molecular complexity index is 1150. The summed E-state index contributed by atoms with van der Waals surface area (Å²) >= 11 is 0. The van der Waals surface area contributed by atoms with Gasteiger partial charge in [-0.15, -0.1) is 0 Å². The molecular weight excluding hydrogens is 320 g/mol. The van der Waals surface area contributed by atoms with Crippen LogP contribution in [0.5, 0.6) is 0 Å². The lowest BCUT2D eigenvalue weighted by Crippen LogP contribution is -2.23. The second-order valence-corrected chi connectivity index (χ2v) is 5.37. The van der Waals surface area contributed by atoms with Crippen LogP contribution in [0.3, 0.4) is 0 Å². The highest BCUT2D eigenvalue weighted by atomic mass is 16.4. The number of aromatic carboxylic acids is 1. The Morgan fingerprint density at radius 1 is 1.00 bits per heavy atom. The standard InChI is InChI=1S/C18H12N4O3/c23-17-13-8-4-5-9-15(13)19-11-21(17)16-14(18(24)25)10-20-22(16)12-6-2-1-3-7-12/h1-11H,(H,24,25). The predicted molar refractivity (Wildman–Crippen MR) is 91.4 cm³/mol. The van der Waals surface area contributed by atoms with Gasteiger partial charge in [0.2, 0.25) is 0 Å². The van der Waals surface area contributed by atoms with E-state index in [-0.39, 0.29) is 16.9 Å². The molecule has 0 aliphatic heterocycles. The number of fused-ring (bicyclic) bond motifs is 1. The van der Waals surface area contributed by atoms with Crippen molar-refractivity contribution >= 4 is 16.9 Å². The summed E-state index contributed by atoms with van der Waals surface area (Å²) in [6.45, 7) is 0. The van der Waals surface area contributed by atoms with E-state index in [0.717, 1.165) is 0 Å². The Morgan fingerprint density at radius 2 is 1.72 bits per heavy atom. The highest BCUT2D eigenvalue weighted by Crippen LogP contribution is 2.19. The third-order valence-electron chi connectivity index (χ3n) is 3.87. The minimum Gasteiger partial charge on any atom is -0.477 e. The van der Waals surface area contributed by atoms with E-state index >= 15 is 0 Å². The molecule has 4 aromatic rings. The average Bonchev–Trinajstić information content (AvgIpc) is 3.08. The van der Waals surface area contributed by atoms with Gasteiger partial charge in [-0.25, -0.2) is 19.0 Å². The van der Waals surface area contributed by atoms with Gasteiger partial charge in [-0.2, -0.15) is 5.10 Å². The van der Waals surface area contributed by atoms with Crippen molar-refractivity contribution in [2.45, 2.75) is 0 Å². The van der Waals surface area contributed by atoms with Crippen LogP contribution in [0.2, 0.25) is 0 Å². The lowest BCUT2D eigenvalue weighted by molar-refractivity contribution is 0.0697. The van der Waals surface area contributed by atoms with E-state index in [0.29, 0.717) is 16.6 Å². The van der Waals surface area contributed by atoms with Crippen molar-refractivity contribution in [1.82, 2.24) is 19.3 Å². The molecule has 0 radical (unpaired) electrons. The molecule has 4 rings (SSSR count). The number of hydrogen-bond acceptors (Lipinski definition) is 4. The van der Waals surface area contributed by atoms with E-state index in [1.165, 1.54) is 21.8 Å². The molecule has 0 aliphatic rings. The lowest BCUT2D eigenvalue weighted by atomic mass is 10.2. The summed E-state index contributed by atoms with van der Waals surface area (Å²) in [7, 11) is 0. The summed E-state index contributed by atoms with van der Waals surface area (Å²) in [5, 5.41) is 14.1. The van der Waals surface area contributed by atoms with Crippen LogP contribution in [0.1, 0.15) is 10.4 Å². The first-order valence-electron chi connectivity index (χ1n) is 7.50. The number of carboxylic acids is 1. The van der Waals surface area contributed by atoms with Gasteiger partial charge in [0, 0.05) is 0 Å². The maximum Gasteiger partial charge on any atom is 0.341 e. The fourth-order valence-electron chi connectivity index (χ4n) is 2.70. The van der Waals surface area contributed by atoms with E-state index in [1.807, 2.05) is 18.2 Å². The van der Waals surface area contributed by atoms with Crippen LogP contribution < -0.4 is 5.56 Å². The molecule has 0 saturated carbocycles. The molecule has 0 atom stereocenters. The Balaban J connectivity index is 2.05. The largest absolute Gasteiger partial charge is 0.477 e. The van der Waals surface area contributed by atoms with E-state index < -0.39 is 5.97 Å². The molecule has 0 amide bonds. The van der Waals surface area contributed by atoms with Crippen LogP contribution in [0.4, 0.5) is 0 Å². The van der Waals surface area contributed by atoms with Crippen LogP contribution in [0, 0.1) is 0 Å². The first-order chi connectivity index (χ1) is 12.2. The second-order valence-electron chi connectivity index (χ2n) is 5.37. The number of para-hydroxylation sites is 2. The van der Waals surface area contributed by atoms with E-state index in [1.54, 1.807) is 36.4 Å². The molecule has 0 aliphatic carbocycles. The highest BCUT2D eigenvalue weighted by molar-refractivity contribution is 5.91. The summed E-state index contributed by atoms with van der Waals surface area (Å²) in [5.74, 6) is -1.03. The van der Waals surface area contributed by atoms with Crippen molar-refractivity contribution in [2.75, 3.05) is 0 Å². The van der Waals surface area contributed by atoms with Crippen molar-refractivity contribution in [1.29, 1.82) is 0 Å². The second kappa shape index (κ2) is 5.72. The quantitative estimate of drug-likeness (QED) is 0.621. The molecule has 0 fully saturated rings. The summed E-state index contributed by atoms with van der Waals surface area (Å²) in [4.78, 5) is 28.8. The zero-order chi connectivity index (χ0) is 17.4. The number of carboxylic acid groups (broad SMARTS) is 1. The minimum absolute atomic E-state index is 0.0805. The molecule has 2 aromatic heterocycles. The van der Waals surface area contributed by atoms with Crippen molar-refractivity contribution in [3.8, 4) is 11.5 Å². The third kappa shape index (κ3) is 2.38. The maximum atomic E-state index is 12.9. The van der Waals surface area contributed by atoms with Gasteiger partial charge in [-0.05, 0) is 24.3 Å². The molecule has 1 N–H and O–H groups in total. The zero-order valence-corrected chi connectivity index (χ0v) is 12.9. The van der Waals surface area contributed by atoms with Crippen LogP contribution in [0.25, 0.3) is 22.4 Å². The molecule has 7 nitrogen and oxygen atoms in total. The van der Waals surface area contributed by atoms with Gasteiger partial charge in [-0.1, -0.05) is 30.3 Å². The predicted octanol–water partition coefficient (Wildman–Crippen LogP) is 2.27. The Hall–Kier alpha value is -3.74. The maximum absolute atomic E-state index is 12.9. The van der Waals surface area contributed by atoms with Crippen LogP contribution >= 0.6 is 0 Å². The normalized spacial score (nSPS) is 10.9. The smallest absolute Gasteiger partial charge is 0.341 e. The zero-order valence-electron chi connectivity index (χ0n) is 12.9. The molecule has 0 unspecified atom stereocenters. The number of carbonyl (C=O) groups is 1. The van der Waals surface area contributed by atoms with Gasteiger partial charge < -0.3 is 5.11 Å². The summed E-state index contributed by atoms with van der Waals surface area (Å²) in [5.41, 5.74) is 0.755. The SMILES string of the molecule is O=C(O)c1cnn(-c2ccccc2)c1-n1cnc2ccccc2c1=O. The van der Waals surface area contributed by atoms with Crippen molar-refractivity contribution in [3.05, 3.63) is 83.0 Å². The number of nitrogens with zero attached hydrogens (tertiary/aromatic N) is 4. The van der Waals surface area contributed by atoms with Crippen molar-refractivity contribution in [3.63, 3.8) is 0 Å². The topological polar surface area (TPSA) is 90.0 Å². The van der Waals surface area contributed by atoms with E-state index in [9.17, 15) is 14.7 Å². The molecule has 2 heterocycles. The molecular formula is C18H12N4O3. The van der Waals surface area contributed by atoms with Crippen molar-refractivity contribution < 1.29 is 9.90 Å². The van der Waals surface area contributed by atoms with Crippen LogP contribution in [-0.2, 0) is 0 Å². The van der Waals surface area contributed by atoms with Crippen LogP contribution in [-0.4, -0.2) is 30.4 Å². The van der Waals surface area contributed by atoms with E-state index in [4.69, 9.17) is 0 Å². The Morgan fingerprint density at radius 3 is 2.48 bits per heavy atom. The van der Waals surface area contributed by atoms with Gasteiger partial charge >= 0.3 is 5.97 Å². The summed E-state index contributed by atoms with van der Waals surface area (Å²) in [6.07, 6.45) is 2.56. The lowest BCUT2D eigenvalue weighted by Gasteiger charge is -2.11. The molecule has 122 valence electrons. The molecule has 2 aromatic carbocycles. The summed E-state index contributed by atoms with van der Waals surface area (Å²) < 4.78 is 2.63. The van der Waals surface area contributed by atoms with Gasteiger partial charge in [0.1, 0.15) is 11.9 Å². The Labute approximate surface area is 141 Å². The fourth-order valence-corrected chi connectivity index (χ4v) is 2.70. The number of benzene rings is 2. The van der Waals surface area contributed by atoms with Gasteiger partial charge in [0.15, 0.2) is 5.82 Å². The molecule has 0 saturated heterocycles. The molecule has 0 spiro atoms. The number of aromatic nitrogens is 4. The first-order valence-corrected chi connectivity index (χ1v) is 7.50. The van der Waals surface area contributed by atoms with E-state index in [2.05, 4.69) is 10.1 Å². The average molecular weight is 332 g/mol. The number of rotatable bonds is 3.